The molecule has 3 N–H and O–H groups in total. The molecule has 3 aromatic carbocycles. The van der Waals surface area contributed by atoms with Crippen LogP contribution < -0.4 is 16.6 Å². The Morgan fingerprint density at radius 1 is 1.02 bits per heavy atom. The molecule has 0 saturated heterocycles. The maximum absolute atomic E-state index is 13.7. The standard InChI is InChI=1S/C29H24ClN5O4S/c1-17(24-15-19-7-6-10-22(30)25(19)29(37)35(24)20-8-4-3-5-9-20)33-28(36)26-27(31)32-16-23(34-26)18-11-13-21(14-12-18)40(2,38)39/h3-17H,1-2H3,(H2,31,32)(H,33,36). The maximum atomic E-state index is 13.7. The second-order valence-electron chi connectivity index (χ2n) is 9.23. The number of nitrogens with zero attached hydrogens (tertiary/aromatic N) is 3. The van der Waals surface area contributed by atoms with Gasteiger partial charge in [0.05, 0.1) is 33.2 Å². The van der Waals surface area contributed by atoms with E-state index in [1.54, 1.807) is 49.4 Å². The van der Waals surface area contributed by atoms with E-state index in [-0.39, 0.29) is 22.0 Å². The highest BCUT2D eigenvalue weighted by Gasteiger charge is 2.22. The van der Waals surface area contributed by atoms with E-state index in [1.165, 1.54) is 22.9 Å². The van der Waals surface area contributed by atoms with E-state index >= 15 is 0 Å². The molecule has 5 aromatic rings. The Bertz CT molecular complexity index is 1930. The van der Waals surface area contributed by atoms with Gasteiger partial charge >= 0.3 is 0 Å². The summed E-state index contributed by atoms with van der Waals surface area (Å²) < 4.78 is 25.1. The molecule has 2 aromatic heterocycles. The lowest BCUT2D eigenvalue weighted by Gasteiger charge is -2.21. The molecule has 1 atom stereocenters. The van der Waals surface area contributed by atoms with Crippen molar-refractivity contribution < 1.29 is 13.2 Å². The van der Waals surface area contributed by atoms with Crippen LogP contribution in [-0.2, 0) is 9.84 Å². The Kier molecular flexibility index (Phi) is 7.14. The highest BCUT2D eigenvalue weighted by molar-refractivity contribution is 7.90. The molecule has 2 heterocycles. The number of nitrogens with one attached hydrogen (secondary N) is 1. The molecule has 0 radical (unpaired) electrons. The number of rotatable bonds is 6. The Hall–Kier alpha value is -4.54. The Morgan fingerprint density at radius 3 is 2.40 bits per heavy atom. The van der Waals surface area contributed by atoms with Crippen LogP contribution >= 0.6 is 11.6 Å². The number of fused-ring (bicyclic) bond motifs is 1. The van der Waals surface area contributed by atoms with E-state index < -0.39 is 21.8 Å². The average molecular weight is 574 g/mol. The van der Waals surface area contributed by atoms with Gasteiger partial charge in [0.15, 0.2) is 21.3 Å². The minimum atomic E-state index is -3.36. The quantitative estimate of drug-likeness (QED) is 0.303. The first kappa shape index (κ1) is 27.0. The molecule has 0 fully saturated rings. The van der Waals surface area contributed by atoms with Gasteiger partial charge in [-0.3, -0.25) is 14.2 Å². The first-order valence-corrected chi connectivity index (χ1v) is 14.4. The molecule has 9 nitrogen and oxygen atoms in total. The molecule has 40 heavy (non-hydrogen) atoms. The van der Waals surface area contributed by atoms with Crippen molar-refractivity contribution in [2.45, 2.75) is 17.9 Å². The highest BCUT2D eigenvalue weighted by atomic mass is 35.5. The summed E-state index contributed by atoms with van der Waals surface area (Å²) in [5.74, 6) is -0.669. The zero-order valence-corrected chi connectivity index (χ0v) is 23.1. The van der Waals surface area contributed by atoms with Crippen molar-refractivity contribution in [3.05, 3.63) is 112 Å². The number of sulfone groups is 1. The largest absolute Gasteiger partial charge is 0.382 e. The van der Waals surface area contributed by atoms with Gasteiger partial charge in [0.1, 0.15) is 0 Å². The topological polar surface area (TPSA) is 137 Å². The van der Waals surface area contributed by atoms with Crippen LogP contribution in [0.2, 0.25) is 5.02 Å². The van der Waals surface area contributed by atoms with Crippen LogP contribution in [0, 0.1) is 0 Å². The van der Waals surface area contributed by atoms with Crippen molar-refractivity contribution in [1.29, 1.82) is 0 Å². The molecule has 0 spiro atoms. The number of hydrogen-bond donors (Lipinski definition) is 2. The fourth-order valence-corrected chi connectivity index (χ4v) is 5.31. The summed E-state index contributed by atoms with van der Waals surface area (Å²) in [6.45, 7) is 1.75. The number of nitrogen functional groups attached to an aromatic ring is 1. The van der Waals surface area contributed by atoms with Gasteiger partial charge in [0.25, 0.3) is 11.5 Å². The number of pyridine rings is 1. The third-order valence-corrected chi connectivity index (χ3v) is 7.87. The number of hydrogen-bond acceptors (Lipinski definition) is 7. The zero-order chi connectivity index (χ0) is 28.6. The summed E-state index contributed by atoms with van der Waals surface area (Å²) in [7, 11) is -3.36. The van der Waals surface area contributed by atoms with Gasteiger partial charge in [-0.05, 0) is 48.7 Å². The fraction of sp³-hybridized carbons (Fsp3) is 0.103. The third kappa shape index (κ3) is 5.18. The second kappa shape index (κ2) is 10.6. The predicted molar refractivity (Wildman–Crippen MR) is 155 cm³/mol. The Morgan fingerprint density at radius 2 is 1.73 bits per heavy atom. The van der Waals surface area contributed by atoms with Crippen molar-refractivity contribution in [2.75, 3.05) is 12.0 Å². The van der Waals surface area contributed by atoms with Gasteiger partial charge in [-0.25, -0.2) is 18.4 Å². The maximum Gasteiger partial charge on any atom is 0.274 e. The predicted octanol–water partition coefficient (Wildman–Crippen LogP) is 4.58. The van der Waals surface area contributed by atoms with Crippen molar-refractivity contribution in [3.8, 4) is 16.9 Å². The molecular formula is C29H24ClN5O4S. The van der Waals surface area contributed by atoms with Crippen molar-refractivity contribution in [2.24, 2.45) is 0 Å². The Labute approximate surface area is 235 Å². The molecule has 0 bridgehead atoms. The number of carbonyl (C=O) groups is 1. The number of aromatic nitrogens is 3. The van der Waals surface area contributed by atoms with Gasteiger partial charge in [0, 0.05) is 23.2 Å². The summed E-state index contributed by atoms with van der Waals surface area (Å²) in [6, 6.07) is 21.5. The van der Waals surface area contributed by atoms with Crippen molar-refractivity contribution >= 4 is 43.9 Å². The molecule has 1 unspecified atom stereocenters. The number of anilines is 1. The van der Waals surface area contributed by atoms with Crippen LogP contribution in [0.1, 0.15) is 29.1 Å². The van der Waals surface area contributed by atoms with E-state index in [0.29, 0.717) is 38.4 Å². The summed E-state index contributed by atoms with van der Waals surface area (Å²) >= 11 is 6.39. The van der Waals surface area contributed by atoms with Crippen molar-refractivity contribution in [1.82, 2.24) is 19.9 Å². The molecule has 0 saturated carbocycles. The number of nitrogens with two attached hydrogens (primary N) is 1. The van der Waals surface area contributed by atoms with Gasteiger partial charge < -0.3 is 11.1 Å². The van der Waals surface area contributed by atoms with Gasteiger partial charge in [-0.1, -0.05) is 54.1 Å². The van der Waals surface area contributed by atoms with Gasteiger partial charge in [0.2, 0.25) is 0 Å². The minimum absolute atomic E-state index is 0.0769. The lowest BCUT2D eigenvalue weighted by Crippen LogP contribution is -2.33. The lowest BCUT2D eigenvalue weighted by molar-refractivity contribution is 0.0934. The molecule has 11 heteroatoms. The smallest absolute Gasteiger partial charge is 0.274 e. The number of halogens is 1. The van der Waals surface area contributed by atoms with Crippen molar-refractivity contribution in [3.63, 3.8) is 0 Å². The lowest BCUT2D eigenvalue weighted by atomic mass is 10.1. The van der Waals surface area contributed by atoms with Crippen LogP contribution in [0.15, 0.2) is 94.7 Å². The van der Waals surface area contributed by atoms with E-state index in [2.05, 4.69) is 15.3 Å². The van der Waals surface area contributed by atoms with Crippen LogP contribution in [0.4, 0.5) is 5.82 Å². The summed E-state index contributed by atoms with van der Waals surface area (Å²) in [6.07, 6.45) is 2.53. The summed E-state index contributed by atoms with van der Waals surface area (Å²) in [5.41, 5.74) is 7.64. The van der Waals surface area contributed by atoms with Crippen LogP contribution in [0.25, 0.3) is 27.7 Å². The summed E-state index contributed by atoms with van der Waals surface area (Å²) in [4.78, 5) is 35.7. The molecule has 202 valence electrons. The average Bonchev–Trinajstić information content (AvgIpc) is 2.93. The molecule has 0 aliphatic carbocycles. The highest BCUT2D eigenvalue weighted by Crippen LogP contribution is 2.26. The zero-order valence-electron chi connectivity index (χ0n) is 21.5. The normalized spacial score (nSPS) is 12.3. The van der Waals surface area contributed by atoms with Crippen LogP contribution in [-0.4, -0.2) is 35.1 Å². The monoisotopic (exact) mass is 573 g/mol. The minimum Gasteiger partial charge on any atom is -0.382 e. The Balaban J connectivity index is 1.53. The van der Waals surface area contributed by atoms with E-state index in [0.717, 1.165) is 6.26 Å². The molecule has 0 aliphatic rings. The SMILES string of the molecule is CC(NC(=O)c1nc(-c2ccc(S(C)(=O)=O)cc2)cnc1N)c1cc2cccc(Cl)c2c(=O)n1-c1ccccc1. The first-order chi connectivity index (χ1) is 19.0. The molecule has 0 aliphatic heterocycles. The second-order valence-corrected chi connectivity index (χ2v) is 11.7. The van der Waals surface area contributed by atoms with E-state index in [1.807, 2.05) is 24.3 Å². The number of carbonyl (C=O) groups excluding carboxylic acids is 1. The fourth-order valence-electron chi connectivity index (χ4n) is 4.42. The molecule has 5 rings (SSSR count). The number of para-hydroxylation sites is 1. The van der Waals surface area contributed by atoms with E-state index in [9.17, 15) is 18.0 Å². The third-order valence-electron chi connectivity index (χ3n) is 6.42. The first-order valence-electron chi connectivity index (χ1n) is 12.2. The number of benzene rings is 3. The summed E-state index contributed by atoms with van der Waals surface area (Å²) in [5, 5.41) is 4.23. The molecule has 1 amide bonds. The van der Waals surface area contributed by atoms with Gasteiger partial charge in [-0.15, -0.1) is 0 Å². The van der Waals surface area contributed by atoms with Gasteiger partial charge in [-0.2, -0.15) is 0 Å². The van der Waals surface area contributed by atoms with Crippen LogP contribution in [0.5, 0.6) is 0 Å². The van der Waals surface area contributed by atoms with Crippen LogP contribution in [0.3, 0.4) is 0 Å². The van der Waals surface area contributed by atoms with E-state index in [4.69, 9.17) is 17.3 Å². The number of amides is 1. The molecular weight excluding hydrogens is 550 g/mol.